The van der Waals surface area contributed by atoms with Crippen LogP contribution >= 0.6 is 0 Å². The van der Waals surface area contributed by atoms with Gasteiger partial charge in [0.25, 0.3) is 0 Å². The molecular weight excluding hydrogens is 282 g/mol. The Labute approximate surface area is 141 Å². The van der Waals surface area contributed by atoms with Gasteiger partial charge in [0, 0.05) is 31.8 Å². The van der Waals surface area contributed by atoms with Crippen molar-refractivity contribution in [2.75, 3.05) is 27.2 Å². The van der Waals surface area contributed by atoms with Crippen molar-refractivity contribution in [3.05, 3.63) is 58.8 Å². The van der Waals surface area contributed by atoms with Gasteiger partial charge in [0.15, 0.2) is 0 Å². The second kappa shape index (κ2) is 9.53. The average molecular weight is 313 g/mol. The molecule has 126 valence electrons. The van der Waals surface area contributed by atoms with Gasteiger partial charge >= 0.3 is 0 Å². The Kier molecular flexibility index (Phi) is 7.37. The van der Waals surface area contributed by atoms with Gasteiger partial charge in [-0.05, 0) is 43.6 Å². The Hall–Kier alpha value is -1.58. The van der Waals surface area contributed by atoms with Crippen LogP contribution in [0.15, 0.2) is 47.7 Å². The lowest BCUT2D eigenvalue weighted by Crippen LogP contribution is -2.12. The normalized spacial score (nSPS) is 18.0. The molecule has 1 aliphatic heterocycles. The first-order chi connectivity index (χ1) is 11.3. The number of benzene rings is 1. The van der Waals surface area contributed by atoms with Gasteiger partial charge in [0.1, 0.15) is 0 Å². The van der Waals surface area contributed by atoms with Gasteiger partial charge in [0.2, 0.25) is 0 Å². The van der Waals surface area contributed by atoms with E-state index in [-0.39, 0.29) is 0 Å². The van der Waals surface area contributed by atoms with Gasteiger partial charge in [-0.25, -0.2) is 0 Å². The molecule has 1 aromatic rings. The van der Waals surface area contributed by atoms with Crippen LogP contribution in [0.2, 0.25) is 0 Å². The Balaban J connectivity index is 2.16. The number of hydrogen-bond donors (Lipinski definition) is 3. The number of rotatable bonds is 9. The van der Waals surface area contributed by atoms with Crippen molar-refractivity contribution in [3.63, 3.8) is 0 Å². The Bertz CT molecular complexity index is 546. The molecule has 3 heteroatoms. The molecule has 23 heavy (non-hydrogen) atoms. The number of allylic oxidation sites excluding steroid dienone is 1. The molecular formula is C20H31N3. The summed E-state index contributed by atoms with van der Waals surface area (Å²) in [5.41, 5.74) is 5.67. The molecule has 0 radical (unpaired) electrons. The number of hydrogen-bond acceptors (Lipinski definition) is 3. The van der Waals surface area contributed by atoms with E-state index in [1.54, 1.807) is 0 Å². The zero-order valence-electron chi connectivity index (χ0n) is 14.8. The molecule has 0 saturated carbocycles. The minimum Gasteiger partial charge on any atom is -0.390 e. The van der Waals surface area contributed by atoms with Crippen LogP contribution in [0.1, 0.15) is 43.2 Å². The van der Waals surface area contributed by atoms with Crippen molar-refractivity contribution in [2.45, 2.75) is 38.6 Å². The monoisotopic (exact) mass is 313 g/mol. The first-order valence-electron chi connectivity index (χ1n) is 8.79. The molecule has 0 amide bonds. The summed E-state index contributed by atoms with van der Waals surface area (Å²) < 4.78 is 0. The second-order valence-corrected chi connectivity index (χ2v) is 6.32. The fourth-order valence-electron chi connectivity index (χ4n) is 3.17. The van der Waals surface area contributed by atoms with E-state index in [1.807, 2.05) is 14.1 Å². The van der Waals surface area contributed by atoms with Crippen LogP contribution in [0.5, 0.6) is 0 Å². The standard InChI is InChI=1S/C20H31N3/c1-4-5-7-16(12-21-2)11-19-14-23-15-20(19)18-9-6-8-17(10-18)13-22-3/h6,8-11,14,20-23H,4-5,7,12-13,15H2,1-3H3/b16-11-. The van der Waals surface area contributed by atoms with E-state index >= 15 is 0 Å². The van der Waals surface area contributed by atoms with E-state index in [0.717, 1.165) is 19.6 Å². The van der Waals surface area contributed by atoms with E-state index in [1.165, 1.54) is 41.5 Å². The largest absolute Gasteiger partial charge is 0.390 e. The molecule has 2 rings (SSSR count). The molecule has 0 fully saturated rings. The summed E-state index contributed by atoms with van der Waals surface area (Å²) >= 11 is 0. The Morgan fingerprint density at radius 3 is 2.91 bits per heavy atom. The molecule has 3 N–H and O–H groups in total. The molecule has 0 aliphatic carbocycles. The summed E-state index contributed by atoms with van der Waals surface area (Å²) in [5.74, 6) is 0.459. The highest BCUT2D eigenvalue weighted by Gasteiger charge is 2.20. The molecule has 1 aromatic carbocycles. The van der Waals surface area contributed by atoms with Crippen LogP contribution in [0.3, 0.4) is 0 Å². The first-order valence-corrected chi connectivity index (χ1v) is 8.79. The van der Waals surface area contributed by atoms with Crippen molar-refractivity contribution in [3.8, 4) is 0 Å². The summed E-state index contributed by atoms with van der Waals surface area (Å²) in [7, 11) is 4.02. The lowest BCUT2D eigenvalue weighted by atomic mass is 9.90. The SMILES string of the molecule is CCCC/C(=C/C1=CNCC1c1cccc(CNC)c1)CNC. The molecule has 0 aromatic heterocycles. The third-order valence-electron chi connectivity index (χ3n) is 4.35. The van der Waals surface area contributed by atoms with Crippen LogP contribution in [0.25, 0.3) is 0 Å². The highest BCUT2D eigenvalue weighted by Crippen LogP contribution is 2.30. The van der Waals surface area contributed by atoms with Gasteiger partial charge in [-0.1, -0.05) is 49.3 Å². The minimum absolute atomic E-state index is 0.459. The zero-order valence-corrected chi connectivity index (χ0v) is 14.8. The van der Waals surface area contributed by atoms with Crippen LogP contribution < -0.4 is 16.0 Å². The maximum absolute atomic E-state index is 3.43. The molecule has 0 saturated heterocycles. The van der Waals surface area contributed by atoms with Gasteiger partial charge in [-0.15, -0.1) is 0 Å². The van der Waals surface area contributed by atoms with Crippen LogP contribution in [-0.4, -0.2) is 27.2 Å². The maximum Gasteiger partial charge on any atom is 0.0277 e. The van der Waals surface area contributed by atoms with Gasteiger partial charge < -0.3 is 16.0 Å². The van der Waals surface area contributed by atoms with Crippen molar-refractivity contribution in [1.29, 1.82) is 0 Å². The van der Waals surface area contributed by atoms with E-state index in [0.29, 0.717) is 5.92 Å². The molecule has 3 nitrogen and oxygen atoms in total. The van der Waals surface area contributed by atoms with Gasteiger partial charge in [-0.3, -0.25) is 0 Å². The second-order valence-electron chi connectivity index (χ2n) is 6.32. The number of unbranched alkanes of at least 4 members (excludes halogenated alkanes) is 1. The summed E-state index contributed by atoms with van der Waals surface area (Å²) in [6.45, 7) is 5.15. The molecule has 1 atom stereocenters. The van der Waals surface area contributed by atoms with E-state index in [2.05, 4.69) is 59.4 Å². The van der Waals surface area contributed by atoms with Crippen molar-refractivity contribution < 1.29 is 0 Å². The lowest BCUT2D eigenvalue weighted by molar-refractivity contribution is 0.740. The van der Waals surface area contributed by atoms with E-state index in [9.17, 15) is 0 Å². The summed E-state index contributed by atoms with van der Waals surface area (Å²) in [5, 5.41) is 9.97. The molecule has 1 heterocycles. The number of nitrogens with one attached hydrogen (secondary N) is 3. The molecule has 1 aliphatic rings. The molecule has 1 unspecified atom stereocenters. The maximum atomic E-state index is 3.43. The first kappa shape index (κ1) is 17.8. The topological polar surface area (TPSA) is 36.1 Å². The lowest BCUT2D eigenvalue weighted by Gasteiger charge is -2.15. The quantitative estimate of drug-likeness (QED) is 0.654. The van der Waals surface area contributed by atoms with Gasteiger partial charge in [0.05, 0.1) is 0 Å². The molecule has 0 bridgehead atoms. The average Bonchev–Trinajstić information content (AvgIpc) is 3.01. The highest BCUT2D eigenvalue weighted by atomic mass is 14.9. The highest BCUT2D eigenvalue weighted by molar-refractivity contribution is 5.41. The summed E-state index contributed by atoms with van der Waals surface area (Å²) in [6, 6.07) is 8.95. The predicted octanol–water partition coefficient (Wildman–Crippen LogP) is 3.31. The fourth-order valence-corrected chi connectivity index (χ4v) is 3.17. The van der Waals surface area contributed by atoms with E-state index in [4.69, 9.17) is 0 Å². The van der Waals surface area contributed by atoms with Crippen molar-refractivity contribution in [2.24, 2.45) is 0 Å². The van der Waals surface area contributed by atoms with Gasteiger partial charge in [-0.2, -0.15) is 0 Å². The van der Waals surface area contributed by atoms with Crippen molar-refractivity contribution >= 4 is 0 Å². The predicted molar refractivity (Wildman–Crippen MR) is 99.6 cm³/mol. The van der Waals surface area contributed by atoms with Crippen LogP contribution in [0, 0.1) is 0 Å². The smallest absolute Gasteiger partial charge is 0.0277 e. The van der Waals surface area contributed by atoms with E-state index < -0.39 is 0 Å². The summed E-state index contributed by atoms with van der Waals surface area (Å²) in [4.78, 5) is 0. The van der Waals surface area contributed by atoms with Crippen LogP contribution in [0.4, 0.5) is 0 Å². The third-order valence-corrected chi connectivity index (χ3v) is 4.35. The fraction of sp³-hybridized carbons (Fsp3) is 0.500. The zero-order chi connectivity index (χ0) is 16.5. The van der Waals surface area contributed by atoms with Crippen molar-refractivity contribution in [1.82, 2.24) is 16.0 Å². The third kappa shape index (κ3) is 5.22. The van der Waals surface area contributed by atoms with Crippen LogP contribution in [-0.2, 0) is 6.54 Å². The minimum atomic E-state index is 0.459. The summed E-state index contributed by atoms with van der Waals surface area (Å²) in [6.07, 6.45) is 8.28. The number of likely N-dealkylation sites (N-methyl/N-ethyl adjacent to an activating group) is 1. The molecule has 0 spiro atoms. The Morgan fingerprint density at radius 1 is 1.30 bits per heavy atom. The Morgan fingerprint density at radius 2 is 2.17 bits per heavy atom.